The van der Waals surface area contributed by atoms with E-state index in [1.165, 1.54) is 0 Å². The van der Waals surface area contributed by atoms with Gasteiger partial charge in [0.15, 0.2) is 0 Å². The summed E-state index contributed by atoms with van der Waals surface area (Å²) in [6.07, 6.45) is 1.82. The lowest BCUT2D eigenvalue weighted by Crippen LogP contribution is -2.28. The fourth-order valence-electron chi connectivity index (χ4n) is 1.89. The van der Waals surface area contributed by atoms with Crippen molar-refractivity contribution in [1.82, 2.24) is 5.43 Å². The second kappa shape index (κ2) is 5.59. The van der Waals surface area contributed by atoms with E-state index in [9.17, 15) is 9.90 Å². The van der Waals surface area contributed by atoms with E-state index in [-0.39, 0.29) is 5.91 Å². The number of amides is 1. The highest BCUT2D eigenvalue weighted by atomic mass is 16.3. The number of aliphatic hydroxyl groups excluding tert-OH is 1. The van der Waals surface area contributed by atoms with Crippen LogP contribution in [0.5, 0.6) is 0 Å². The minimum Gasteiger partial charge on any atom is -0.392 e. The van der Waals surface area contributed by atoms with Crippen molar-refractivity contribution in [3.63, 3.8) is 0 Å². The number of carbonyl (C=O) groups excluding carboxylic acids is 1. The fourth-order valence-corrected chi connectivity index (χ4v) is 1.89. The molecule has 0 saturated carbocycles. The van der Waals surface area contributed by atoms with Crippen LogP contribution in [0.1, 0.15) is 24.8 Å². The summed E-state index contributed by atoms with van der Waals surface area (Å²) in [7, 11) is 0. The van der Waals surface area contributed by atoms with E-state index < -0.39 is 6.10 Å². The van der Waals surface area contributed by atoms with Gasteiger partial charge in [0.1, 0.15) is 0 Å². The number of rotatable bonds is 4. The number of hydrogen-bond donors (Lipinski definition) is 2. The topological polar surface area (TPSA) is 61.7 Å². The molecule has 1 aliphatic heterocycles. The van der Waals surface area contributed by atoms with Crippen molar-refractivity contribution in [2.75, 3.05) is 0 Å². The number of nitrogens with one attached hydrogen (secondary N) is 1. The number of nitrogens with zero attached hydrogens (tertiary/aromatic N) is 1. The third kappa shape index (κ3) is 3.67. The summed E-state index contributed by atoms with van der Waals surface area (Å²) in [5.41, 5.74) is 4.42. The van der Waals surface area contributed by atoms with Crippen molar-refractivity contribution in [1.29, 1.82) is 0 Å². The first-order valence-corrected chi connectivity index (χ1v) is 5.80. The Morgan fingerprint density at radius 3 is 2.65 bits per heavy atom. The van der Waals surface area contributed by atoms with Gasteiger partial charge in [0.2, 0.25) is 5.91 Å². The zero-order valence-corrected chi connectivity index (χ0v) is 9.60. The van der Waals surface area contributed by atoms with Gasteiger partial charge in [-0.3, -0.25) is 4.79 Å². The van der Waals surface area contributed by atoms with E-state index in [0.29, 0.717) is 25.7 Å². The summed E-state index contributed by atoms with van der Waals surface area (Å²) in [5.74, 6) is -0.0497. The maximum Gasteiger partial charge on any atom is 0.240 e. The molecule has 17 heavy (non-hydrogen) atoms. The van der Waals surface area contributed by atoms with Crippen molar-refractivity contribution in [2.45, 2.75) is 31.8 Å². The molecule has 0 spiro atoms. The molecule has 0 aliphatic carbocycles. The molecule has 0 bridgehead atoms. The van der Waals surface area contributed by atoms with E-state index in [2.05, 4.69) is 10.5 Å². The maximum absolute atomic E-state index is 10.9. The largest absolute Gasteiger partial charge is 0.392 e. The van der Waals surface area contributed by atoms with Crippen LogP contribution in [-0.2, 0) is 11.2 Å². The van der Waals surface area contributed by atoms with Crippen LogP contribution >= 0.6 is 0 Å². The second-order valence-corrected chi connectivity index (χ2v) is 4.26. The van der Waals surface area contributed by atoms with Crippen LogP contribution in [0.2, 0.25) is 0 Å². The number of benzene rings is 1. The zero-order valence-electron chi connectivity index (χ0n) is 9.60. The van der Waals surface area contributed by atoms with E-state index >= 15 is 0 Å². The highest BCUT2D eigenvalue weighted by Gasteiger charge is 2.15. The zero-order chi connectivity index (χ0) is 12.1. The number of carbonyl (C=O) groups is 1. The molecule has 4 heteroatoms. The molecule has 1 unspecified atom stereocenters. The lowest BCUT2D eigenvalue weighted by atomic mass is 10.0. The van der Waals surface area contributed by atoms with Crippen molar-refractivity contribution in [3.05, 3.63) is 35.9 Å². The quantitative estimate of drug-likeness (QED) is 0.820. The SMILES string of the molecule is O=C1CCC(CC(O)Cc2ccccc2)=NN1. The molecule has 2 N–H and O–H groups in total. The summed E-state index contributed by atoms with van der Waals surface area (Å²) in [6.45, 7) is 0. The Kier molecular flexibility index (Phi) is 3.88. The highest BCUT2D eigenvalue weighted by molar-refractivity contribution is 5.92. The van der Waals surface area contributed by atoms with E-state index in [4.69, 9.17) is 0 Å². The number of aliphatic hydroxyl groups is 1. The molecule has 0 saturated heterocycles. The van der Waals surface area contributed by atoms with Gasteiger partial charge in [-0.25, -0.2) is 5.43 Å². The average Bonchev–Trinajstić information content (AvgIpc) is 2.33. The first-order chi connectivity index (χ1) is 8.24. The Morgan fingerprint density at radius 2 is 2.00 bits per heavy atom. The third-order valence-electron chi connectivity index (χ3n) is 2.76. The van der Waals surface area contributed by atoms with Gasteiger partial charge in [-0.15, -0.1) is 0 Å². The smallest absolute Gasteiger partial charge is 0.240 e. The van der Waals surface area contributed by atoms with Crippen LogP contribution in [0, 0.1) is 0 Å². The molecule has 0 aromatic heterocycles. The van der Waals surface area contributed by atoms with E-state index in [1.54, 1.807) is 0 Å². The van der Waals surface area contributed by atoms with Gasteiger partial charge in [0.25, 0.3) is 0 Å². The minimum absolute atomic E-state index is 0.0497. The summed E-state index contributed by atoms with van der Waals surface area (Å²) < 4.78 is 0. The molecule has 1 aliphatic rings. The minimum atomic E-state index is -0.439. The lowest BCUT2D eigenvalue weighted by molar-refractivity contribution is -0.121. The first-order valence-electron chi connectivity index (χ1n) is 5.80. The van der Waals surface area contributed by atoms with Gasteiger partial charge < -0.3 is 5.11 Å². The van der Waals surface area contributed by atoms with E-state index in [0.717, 1.165) is 11.3 Å². The Bertz CT molecular complexity index is 415. The van der Waals surface area contributed by atoms with Crippen LogP contribution < -0.4 is 5.43 Å². The molecule has 90 valence electrons. The molecule has 1 aromatic carbocycles. The second-order valence-electron chi connectivity index (χ2n) is 4.26. The van der Waals surface area contributed by atoms with Gasteiger partial charge in [-0.2, -0.15) is 5.10 Å². The average molecular weight is 232 g/mol. The summed E-state index contributed by atoms with van der Waals surface area (Å²) in [6, 6.07) is 9.86. The molecule has 0 radical (unpaired) electrons. The van der Waals surface area contributed by atoms with Crippen LogP contribution in [-0.4, -0.2) is 22.8 Å². The first kappa shape index (κ1) is 11.8. The molecule has 1 aromatic rings. The van der Waals surface area contributed by atoms with Crippen molar-refractivity contribution in [2.24, 2.45) is 5.10 Å². The Morgan fingerprint density at radius 1 is 1.24 bits per heavy atom. The lowest BCUT2D eigenvalue weighted by Gasteiger charge is -2.15. The monoisotopic (exact) mass is 232 g/mol. The molecule has 1 heterocycles. The molecule has 2 rings (SSSR count). The van der Waals surface area contributed by atoms with Crippen LogP contribution in [0.4, 0.5) is 0 Å². The van der Waals surface area contributed by atoms with Crippen LogP contribution in [0.25, 0.3) is 0 Å². The summed E-state index contributed by atoms with van der Waals surface area (Å²) in [4.78, 5) is 10.9. The van der Waals surface area contributed by atoms with Crippen molar-refractivity contribution < 1.29 is 9.90 Å². The van der Waals surface area contributed by atoms with Crippen LogP contribution in [0.3, 0.4) is 0 Å². The predicted octanol–water partition coefficient (Wildman–Crippen LogP) is 1.25. The molecular weight excluding hydrogens is 216 g/mol. The Balaban J connectivity index is 1.85. The highest BCUT2D eigenvalue weighted by Crippen LogP contribution is 2.10. The normalized spacial score (nSPS) is 17.2. The van der Waals surface area contributed by atoms with E-state index in [1.807, 2.05) is 30.3 Å². The molecule has 0 fully saturated rings. The molecule has 1 atom stereocenters. The standard InChI is InChI=1S/C13H16N2O2/c16-12(8-10-4-2-1-3-5-10)9-11-6-7-13(17)15-14-11/h1-5,12,16H,6-9H2,(H,15,17). The number of hydrazone groups is 1. The predicted molar refractivity (Wildman–Crippen MR) is 65.6 cm³/mol. The fraction of sp³-hybridized carbons (Fsp3) is 0.385. The van der Waals surface area contributed by atoms with Gasteiger partial charge in [-0.05, 0) is 18.4 Å². The maximum atomic E-state index is 10.9. The summed E-state index contributed by atoms with van der Waals surface area (Å²) in [5, 5.41) is 13.9. The number of hydrogen-bond acceptors (Lipinski definition) is 3. The van der Waals surface area contributed by atoms with Crippen molar-refractivity contribution in [3.8, 4) is 0 Å². The molecule has 1 amide bonds. The van der Waals surface area contributed by atoms with Gasteiger partial charge in [0, 0.05) is 18.6 Å². The molecule has 4 nitrogen and oxygen atoms in total. The van der Waals surface area contributed by atoms with Gasteiger partial charge in [0.05, 0.1) is 6.10 Å². The Hall–Kier alpha value is -1.68. The molecular formula is C13H16N2O2. The Labute approximate surface area is 100 Å². The summed E-state index contributed by atoms with van der Waals surface area (Å²) >= 11 is 0. The third-order valence-corrected chi connectivity index (χ3v) is 2.76. The van der Waals surface area contributed by atoms with Gasteiger partial charge in [-0.1, -0.05) is 30.3 Å². The van der Waals surface area contributed by atoms with Gasteiger partial charge >= 0.3 is 0 Å². The van der Waals surface area contributed by atoms with Crippen molar-refractivity contribution >= 4 is 11.6 Å². The van der Waals surface area contributed by atoms with Crippen LogP contribution in [0.15, 0.2) is 35.4 Å².